The van der Waals surface area contributed by atoms with Crippen molar-refractivity contribution < 1.29 is 14.7 Å². The van der Waals surface area contributed by atoms with Gasteiger partial charge in [0.2, 0.25) is 0 Å². The van der Waals surface area contributed by atoms with Crippen molar-refractivity contribution in [2.75, 3.05) is 14.2 Å². The second-order valence-corrected chi connectivity index (χ2v) is 4.82. The van der Waals surface area contributed by atoms with Crippen LogP contribution in [-0.4, -0.2) is 42.0 Å². The van der Waals surface area contributed by atoms with E-state index in [1.807, 2.05) is 0 Å². The summed E-state index contributed by atoms with van der Waals surface area (Å²) in [4.78, 5) is 13.6. The van der Waals surface area contributed by atoms with Gasteiger partial charge in [0.1, 0.15) is 5.75 Å². The van der Waals surface area contributed by atoms with Gasteiger partial charge in [-0.3, -0.25) is 4.79 Å². The average Bonchev–Trinajstić information content (AvgIpc) is 2.43. The van der Waals surface area contributed by atoms with Crippen LogP contribution in [0.4, 0.5) is 0 Å². The third kappa shape index (κ3) is 3.37. The van der Waals surface area contributed by atoms with Gasteiger partial charge in [0.25, 0.3) is 5.91 Å². The lowest BCUT2D eigenvalue weighted by Gasteiger charge is -2.24. The van der Waals surface area contributed by atoms with Crippen molar-refractivity contribution in [2.45, 2.75) is 13.0 Å². The molecule has 6 nitrogen and oxygen atoms in total. The second-order valence-electron chi connectivity index (χ2n) is 3.97. The molecule has 1 aromatic rings. The van der Waals surface area contributed by atoms with Crippen LogP contribution in [0.5, 0.6) is 5.75 Å². The Bertz CT molecular complexity index is 505. The number of ether oxygens (including phenoxy) is 1. The molecule has 7 heteroatoms. The molecule has 0 fully saturated rings. The molecule has 0 bridgehead atoms. The zero-order valence-electron chi connectivity index (χ0n) is 10.9. The van der Waals surface area contributed by atoms with E-state index in [0.29, 0.717) is 15.8 Å². The van der Waals surface area contributed by atoms with Gasteiger partial charge in [-0.25, -0.2) is 0 Å². The Balaban J connectivity index is 2.97. The number of amidine groups is 1. The third-order valence-corrected chi connectivity index (χ3v) is 3.46. The first kappa shape index (κ1) is 15.3. The van der Waals surface area contributed by atoms with Crippen molar-refractivity contribution in [2.24, 2.45) is 10.9 Å². The Labute approximate surface area is 120 Å². The second kappa shape index (κ2) is 6.42. The van der Waals surface area contributed by atoms with E-state index in [9.17, 15) is 4.79 Å². The van der Waals surface area contributed by atoms with E-state index in [4.69, 9.17) is 15.7 Å². The number of nitrogens with zero attached hydrogens (tertiary/aromatic N) is 2. The van der Waals surface area contributed by atoms with Crippen molar-refractivity contribution in [3.63, 3.8) is 0 Å². The molecule has 0 saturated heterocycles. The molecule has 0 radical (unpaired) electrons. The molecule has 0 aliphatic rings. The minimum Gasteiger partial charge on any atom is -0.496 e. The average molecular weight is 330 g/mol. The van der Waals surface area contributed by atoms with E-state index in [-0.39, 0.29) is 11.7 Å². The normalized spacial score (nSPS) is 12.9. The lowest BCUT2D eigenvalue weighted by molar-refractivity contribution is 0.0776. The van der Waals surface area contributed by atoms with Crippen LogP contribution in [0.3, 0.4) is 0 Å². The number of oxime groups is 1. The highest BCUT2D eigenvalue weighted by atomic mass is 79.9. The number of hydrogen-bond donors (Lipinski definition) is 2. The summed E-state index contributed by atoms with van der Waals surface area (Å²) < 4.78 is 5.79. The number of amides is 1. The number of methoxy groups -OCH3 is 1. The maximum atomic E-state index is 12.2. The molecule has 0 aromatic heterocycles. The lowest BCUT2D eigenvalue weighted by Crippen LogP contribution is -2.43. The molecular weight excluding hydrogens is 314 g/mol. The van der Waals surface area contributed by atoms with Gasteiger partial charge in [-0.15, -0.1) is 0 Å². The molecule has 0 saturated carbocycles. The van der Waals surface area contributed by atoms with Gasteiger partial charge in [0.05, 0.1) is 17.6 Å². The van der Waals surface area contributed by atoms with Crippen LogP contribution in [0, 0.1) is 0 Å². The van der Waals surface area contributed by atoms with E-state index >= 15 is 0 Å². The Kier molecular flexibility index (Phi) is 5.17. The molecule has 1 rings (SSSR count). The largest absolute Gasteiger partial charge is 0.496 e. The van der Waals surface area contributed by atoms with Gasteiger partial charge in [-0.05, 0) is 41.1 Å². The number of nitrogens with two attached hydrogens (primary N) is 1. The summed E-state index contributed by atoms with van der Waals surface area (Å²) in [6.45, 7) is 1.67. The maximum absolute atomic E-state index is 12.2. The van der Waals surface area contributed by atoms with Crippen molar-refractivity contribution in [1.29, 1.82) is 0 Å². The summed E-state index contributed by atoms with van der Waals surface area (Å²) in [5, 5.41) is 11.5. The van der Waals surface area contributed by atoms with Crippen molar-refractivity contribution in [3.8, 4) is 5.75 Å². The van der Waals surface area contributed by atoms with E-state index < -0.39 is 6.04 Å². The standard InChI is InChI=1S/C12H16BrN3O3/c1-7(11(14)15-18)16(2)12(17)8-4-5-10(19-3)9(13)6-8/h4-7,18H,1-3H3,(H2,14,15). The first-order valence-electron chi connectivity index (χ1n) is 5.50. The molecule has 1 unspecified atom stereocenters. The number of rotatable bonds is 4. The fourth-order valence-electron chi connectivity index (χ4n) is 1.46. The number of carbonyl (C=O) groups is 1. The summed E-state index contributed by atoms with van der Waals surface area (Å²) in [6.07, 6.45) is 0. The fourth-order valence-corrected chi connectivity index (χ4v) is 2.00. The highest BCUT2D eigenvalue weighted by Crippen LogP contribution is 2.26. The molecule has 0 heterocycles. The molecule has 1 aromatic carbocycles. The smallest absolute Gasteiger partial charge is 0.254 e. The third-order valence-electron chi connectivity index (χ3n) is 2.84. The van der Waals surface area contributed by atoms with E-state index in [1.54, 1.807) is 39.3 Å². The Morgan fingerprint density at radius 3 is 2.68 bits per heavy atom. The van der Waals surface area contributed by atoms with Gasteiger partial charge in [0.15, 0.2) is 5.84 Å². The van der Waals surface area contributed by atoms with Crippen LogP contribution < -0.4 is 10.5 Å². The summed E-state index contributed by atoms with van der Waals surface area (Å²) in [5.74, 6) is 0.384. The van der Waals surface area contributed by atoms with Crippen LogP contribution in [-0.2, 0) is 0 Å². The molecule has 1 amide bonds. The van der Waals surface area contributed by atoms with Gasteiger partial charge in [-0.1, -0.05) is 5.16 Å². The topological polar surface area (TPSA) is 88.2 Å². The Morgan fingerprint density at radius 2 is 2.21 bits per heavy atom. The number of hydrogen-bond acceptors (Lipinski definition) is 4. The maximum Gasteiger partial charge on any atom is 0.254 e. The molecular formula is C12H16BrN3O3. The summed E-state index contributed by atoms with van der Waals surface area (Å²) in [5.41, 5.74) is 5.97. The van der Waals surface area contributed by atoms with E-state index in [2.05, 4.69) is 21.1 Å². The molecule has 19 heavy (non-hydrogen) atoms. The quantitative estimate of drug-likeness (QED) is 0.380. The van der Waals surface area contributed by atoms with Gasteiger partial charge in [0, 0.05) is 12.6 Å². The molecule has 1 atom stereocenters. The minimum atomic E-state index is -0.502. The fraction of sp³-hybridized carbons (Fsp3) is 0.333. The van der Waals surface area contributed by atoms with E-state index in [1.165, 1.54) is 4.90 Å². The Hall–Kier alpha value is -1.76. The van der Waals surface area contributed by atoms with Crippen molar-refractivity contribution >= 4 is 27.7 Å². The van der Waals surface area contributed by atoms with Crippen LogP contribution in [0.25, 0.3) is 0 Å². The highest BCUT2D eigenvalue weighted by molar-refractivity contribution is 9.10. The van der Waals surface area contributed by atoms with Crippen LogP contribution >= 0.6 is 15.9 Å². The number of likely N-dealkylation sites (N-methyl/N-ethyl adjacent to an activating group) is 1. The summed E-state index contributed by atoms with van der Waals surface area (Å²) in [6, 6.07) is 4.51. The minimum absolute atomic E-state index is 0.0246. The lowest BCUT2D eigenvalue weighted by atomic mass is 10.1. The van der Waals surface area contributed by atoms with Crippen LogP contribution in [0.1, 0.15) is 17.3 Å². The SMILES string of the molecule is COc1ccc(C(=O)N(C)C(C)C(N)=NO)cc1Br. The zero-order valence-corrected chi connectivity index (χ0v) is 12.5. The van der Waals surface area contributed by atoms with Gasteiger partial charge < -0.3 is 20.6 Å². The Morgan fingerprint density at radius 1 is 1.58 bits per heavy atom. The van der Waals surface area contributed by atoms with Crippen molar-refractivity contribution in [1.82, 2.24) is 4.90 Å². The number of benzene rings is 1. The van der Waals surface area contributed by atoms with Crippen LogP contribution in [0.15, 0.2) is 27.8 Å². The number of halogens is 1. The highest BCUT2D eigenvalue weighted by Gasteiger charge is 2.21. The molecule has 0 aliphatic heterocycles. The van der Waals surface area contributed by atoms with Crippen molar-refractivity contribution in [3.05, 3.63) is 28.2 Å². The molecule has 104 valence electrons. The predicted molar refractivity (Wildman–Crippen MR) is 75.7 cm³/mol. The summed E-state index contributed by atoms with van der Waals surface area (Å²) in [7, 11) is 3.14. The first-order chi connectivity index (χ1) is 8.92. The predicted octanol–water partition coefficient (Wildman–Crippen LogP) is 1.66. The van der Waals surface area contributed by atoms with E-state index in [0.717, 1.165) is 0 Å². The van der Waals surface area contributed by atoms with Crippen LogP contribution in [0.2, 0.25) is 0 Å². The molecule has 0 spiro atoms. The zero-order chi connectivity index (χ0) is 14.6. The van der Waals surface area contributed by atoms with Gasteiger partial charge in [-0.2, -0.15) is 0 Å². The number of carbonyl (C=O) groups excluding carboxylic acids is 1. The summed E-state index contributed by atoms with van der Waals surface area (Å²) >= 11 is 3.32. The first-order valence-corrected chi connectivity index (χ1v) is 6.29. The molecule has 0 aliphatic carbocycles. The monoisotopic (exact) mass is 329 g/mol. The molecule has 3 N–H and O–H groups in total. The van der Waals surface area contributed by atoms with Gasteiger partial charge >= 0.3 is 0 Å².